The average molecular weight is 362 g/mol. The molecule has 1 fully saturated rings. The highest BCUT2D eigenvalue weighted by molar-refractivity contribution is 6.03. The van der Waals surface area contributed by atoms with E-state index in [9.17, 15) is 4.79 Å². The van der Waals surface area contributed by atoms with E-state index in [1.165, 1.54) is 17.6 Å². The molecule has 1 amide bonds. The molecule has 0 aliphatic heterocycles. The Balaban J connectivity index is 1.48. The molecular formula is C21H22N4O2. The zero-order chi connectivity index (χ0) is 18.6. The van der Waals surface area contributed by atoms with Gasteiger partial charge in [0.15, 0.2) is 5.69 Å². The number of hydrogen-bond donors (Lipinski definition) is 1. The van der Waals surface area contributed by atoms with Crippen LogP contribution in [-0.4, -0.2) is 27.0 Å². The predicted molar refractivity (Wildman–Crippen MR) is 103 cm³/mol. The lowest BCUT2D eigenvalue weighted by atomic mass is 10.2. The van der Waals surface area contributed by atoms with Crippen molar-refractivity contribution in [1.29, 1.82) is 0 Å². The number of benzene rings is 2. The molecule has 3 aromatic rings. The number of carbonyl (C=O) groups is 1. The third-order valence-electron chi connectivity index (χ3n) is 4.68. The highest BCUT2D eigenvalue weighted by Crippen LogP contribution is 2.26. The van der Waals surface area contributed by atoms with Gasteiger partial charge < -0.3 is 10.1 Å². The van der Waals surface area contributed by atoms with E-state index in [1.807, 2.05) is 54.6 Å². The first-order valence-corrected chi connectivity index (χ1v) is 9.26. The Morgan fingerprint density at radius 3 is 2.63 bits per heavy atom. The third-order valence-corrected chi connectivity index (χ3v) is 4.68. The Bertz CT molecular complexity index is 930. The van der Waals surface area contributed by atoms with Crippen LogP contribution in [0.15, 0.2) is 54.6 Å². The van der Waals surface area contributed by atoms with E-state index in [0.717, 1.165) is 24.3 Å². The van der Waals surface area contributed by atoms with Crippen molar-refractivity contribution in [2.24, 2.45) is 0 Å². The topological polar surface area (TPSA) is 69.0 Å². The first kappa shape index (κ1) is 17.3. The summed E-state index contributed by atoms with van der Waals surface area (Å²) in [7, 11) is 0. The van der Waals surface area contributed by atoms with E-state index >= 15 is 0 Å². The fraction of sp³-hybridized carbons (Fsp3) is 0.286. The van der Waals surface area contributed by atoms with Gasteiger partial charge in [-0.3, -0.25) is 4.79 Å². The lowest BCUT2D eigenvalue weighted by Crippen LogP contribution is -2.15. The van der Waals surface area contributed by atoms with Crippen LogP contribution in [0.5, 0.6) is 5.75 Å². The van der Waals surface area contributed by atoms with Gasteiger partial charge in [0.1, 0.15) is 5.75 Å². The first-order chi connectivity index (χ1) is 13.2. The van der Waals surface area contributed by atoms with Gasteiger partial charge >= 0.3 is 0 Å². The van der Waals surface area contributed by atoms with Crippen molar-refractivity contribution in [1.82, 2.24) is 15.0 Å². The maximum Gasteiger partial charge on any atom is 0.278 e. The van der Waals surface area contributed by atoms with Gasteiger partial charge in [-0.25, -0.2) is 0 Å². The van der Waals surface area contributed by atoms with Crippen LogP contribution in [0.3, 0.4) is 0 Å². The quantitative estimate of drug-likeness (QED) is 0.740. The second-order valence-electron chi connectivity index (χ2n) is 6.77. The minimum Gasteiger partial charge on any atom is -0.490 e. The van der Waals surface area contributed by atoms with Crippen molar-refractivity contribution >= 4 is 11.6 Å². The summed E-state index contributed by atoms with van der Waals surface area (Å²) >= 11 is 0. The molecule has 6 heteroatoms. The van der Waals surface area contributed by atoms with E-state index < -0.39 is 0 Å². The molecule has 0 bridgehead atoms. The van der Waals surface area contributed by atoms with E-state index in [1.54, 1.807) is 6.92 Å². The Morgan fingerprint density at radius 2 is 1.85 bits per heavy atom. The molecule has 4 rings (SSSR count). The number of nitrogens with zero attached hydrogens (tertiary/aromatic N) is 3. The van der Waals surface area contributed by atoms with Gasteiger partial charge in [0, 0.05) is 11.8 Å². The van der Waals surface area contributed by atoms with Crippen LogP contribution >= 0.6 is 0 Å². The smallest absolute Gasteiger partial charge is 0.278 e. The zero-order valence-electron chi connectivity index (χ0n) is 15.3. The Kier molecular flexibility index (Phi) is 4.87. The van der Waals surface area contributed by atoms with E-state index in [4.69, 9.17) is 4.74 Å². The standard InChI is InChI=1S/C21H22N4O2/c1-15-20(24-25(23-15)17-9-3-2-4-10-17)21(26)22-16-8-7-13-19(14-16)27-18-11-5-6-12-18/h2-4,7-10,13-14,18H,5-6,11-12H2,1H3,(H,22,26). The Hall–Kier alpha value is -3.15. The van der Waals surface area contributed by atoms with Crippen molar-refractivity contribution in [2.75, 3.05) is 5.32 Å². The molecule has 2 aromatic carbocycles. The minimum absolute atomic E-state index is 0.281. The predicted octanol–water partition coefficient (Wildman–Crippen LogP) is 4.15. The SMILES string of the molecule is Cc1nn(-c2ccccc2)nc1C(=O)Nc1cccc(OC2CCCC2)c1. The van der Waals surface area contributed by atoms with Gasteiger partial charge in [0.25, 0.3) is 5.91 Å². The fourth-order valence-corrected chi connectivity index (χ4v) is 3.30. The summed E-state index contributed by atoms with van der Waals surface area (Å²) in [5.74, 6) is 0.497. The molecule has 0 saturated heterocycles. The number of nitrogens with one attached hydrogen (secondary N) is 1. The summed E-state index contributed by atoms with van der Waals surface area (Å²) in [5.41, 5.74) is 2.38. The second-order valence-corrected chi connectivity index (χ2v) is 6.77. The highest BCUT2D eigenvalue weighted by atomic mass is 16.5. The average Bonchev–Trinajstić information content (AvgIpc) is 3.32. The molecule has 27 heavy (non-hydrogen) atoms. The molecule has 0 unspecified atom stereocenters. The van der Waals surface area contributed by atoms with Crippen LogP contribution in [0.4, 0.5) is 5.69 Å². The van der Waals surface area contributed by atoms with Crippen molar-refractivity contribution in [3.8, 4) is 11.4 Å². The van der Waals surface area contributed by atoms with Crippen LogP contribution in [-0.2, 0) is 0 Å². The molecule has 1 aromatic heterocycles. The normalized spacial score (nSPS) is 14.3. The van der Waals surface area contributed by atoms with Gasteiger partial charge in [-0.2, -0.15) is 9.90 Å². The van der Waals surface area contributed by atoms with Crippen molar-refractivity contribution in [2.45, 2.75) is 38.7 Å². The van der Waals surface area contributed by atoms with E-state index in [0.29, 0.717) is 17.1 Å². The van der Waals surface area contributed by atoms with Crippen LogP contribution in [0.2, 0.25) is 0 Å². The summed E-state index contributed by atoms with van der Waals surface area (Å²) < 4.78 is 6.01. The number of rotatable bonds is 5. The van der Waals surface area contributed by atoms with Gasteiger partial charge in [0.2, 0.25) is 0 Å². The van der Waals surface area contributed by atoms with Gasteiger partial charge in [0.05, 0.1) is 17.5 Å². The molecule has 1 aliphatic carbocycles. The van der Waals surface area contributed by atoms with Crippen molar-refractivity contribution in [3.63, 3.8) is 0 Å². The maximum atomic E-state index is 12.7. The number of amides is 1. The van der Waals surface area contributed by atoms with E-state index in [2.05, 4.69) is 15.5 Å². The largest absolute Gasteiger partial charge is 0.490 e. The van der Waals surface area contributed by atoms with Crippen LogP contribution in [0.1, 0.15) is 41.9 Å². The molecule has 6 nitrogen and oxygen atoms in total. The summed E-state index contributed by atoms with van der Waals surface area (Å²) in [5, 5.41) is 11.6. The molecule has 0 atom stereocenters. The molecule has 138 valence electrons. The number of anilines is 1. The lowest BCUT2D eigenvalue weighted by molar-refractivity contribution is 0.102. The Labute approximate surface area is 158 Å². The fourth-order valence-electron chi connectivity index (χ4n) is 3.30. The van der Waals surface area contributed by atoms with Gasteiger partial charge in [-0.05, 0) is 56.9 Å². The van der Waals surface area contributed by atoms with Gasteiger partial charge in [-0.15, -0.1) is 5.10 Å². The number of ether oxygens (including phenoxy) is 1. The number of hydrogen-bond acceptors (Lipinski definition) is 4. The highest BCUT2D eigenvalue weighted by Gasteiger charge is 2.18. The van der Waals surface area contributed by atoms with Crippen LogP contribution in [0, 0.1) is 6.92 Å². The monoisotopic (exact) mass is 362 g/mol. The van der Waals surface area contributed by atoms with Crippen LogP contribution in [0.25, 0.3) is 5.69 Å². The van der Waals surface area contributed by atoms with Crippen LogP contribution < -0.4 is 10.1 Å². The summed E-state index contributed by atoms with van der Waals surface area (Å²) in [6.45, 7) is 1.78. The van der Waals surface area contributed by atoms with Crippen molar-refractivity contribution < 1.29 is 9.53 Å². The number of aryl methyl sites for hydroxylation is 1. The van der Waals surface area contributed by atoms with Crippen molar-refractivity contribution in [3.05, 3.63) is 66.0 Å². The third kappa shape index (κ3) is 4.00. The summed E-state index contributed by atoms with van der Waals surface area (Å²) in [6, 6.07) is 17.0. The number of para-hydroxylation sites is 1. The van der Waals surface area contributed by atoms with E-state index in [-0.39, 0.29) is 12.0 Å². The minimum atomic E-state index is -0.285. The molecule has 1 N–H and O–H groups in total. The first-order valence-electron chi connectivity index (χ1n) is 9.26. The molecule has 1 aliphatic rings. The maximum absolute atomic E-state index is 12.7. The molecule has 0 spiro atoms. The number of carbonyl (C=O) groups excluding carboxylic acids is 1. The lowest BCUT2D eigenvalue weighted by Gasteiger charge is -2.14. The zero-order valence-corrected chi connectivity index (χ0v) is 15.3. The number of aromatic nitrogens is 3. The molecule has 1 heterocycles. The van der Waals surface area contributed by atoms with Gasteiger partial charge in [-0.1, -0.05) is 24.3 Å². The molecule has 1 saturated carbocycles. The molecular weight excluding hydrogens is 340 g/mol. The second kappa shape index (κ2) is 7.61. The summed E-state index contributed by atoms with van der Waals surface area (Å²) in [4.78, 5) is 14.1. The molecule has 0 radical (unpaired) electrons. The summed E-state index contributed by atoms with van der Waals surface area (Å²) in [6.07, 6.45) is 4.91. The Morgan fingerprint density at radius 1 is 1.07 bits per heavy atom.